The lowest BCUT2D eigenvalue weighted by Gasteiger charge is -2.14. The number of ether oxygens (including phenoxy) is 1. The van der Waals surface area contributed by atoms with Gasteiger partial charge in [0.1, 0.15) is 5.75 Å². The van der Waals surface area contributed by atoms with Gasteiger partial charge in [0.25, 0.3) is 0 Å². The quantitative estimate of drug-likeness (QED) is 0.575. The van der Waals surface area contributed by atoms with Gasteiger partial charge in [-0.15, -0.1) is 0 Å². The molecule has 1 aliphatic carbocycles. The van der Waals surface area contributed by atoms with Crippen molar-refractivity contribution in [3.05, 3.63) is 18.2 Å². The molecule has 0 unspecified atom stereocenters. The van der Waals surface area contributed by atoms with Gasteiger partial charge in [-0.3, -0.25) is 0 Å². The van der Waals surface area contributed by atoms with E-state index in [9.17, 15) is 0 Å². The normalized spacial score (nSPS) is 15.6. The Balaban J connectivity index is 1.77. The van der Waals surface area contributed by atoms with Gasteiger partial charge in [-0.2, -0.15) is 0 Å². The minimum absolute atomic E-state index is 0.648. The van der Waals surface area contributed by atoms with E-state index in [1.165, 1.54) is 38.5 Å². The summed E-state index contributed by atoms with van der Waals surface area (Å²) in [6.07, 6.45) is 8.30. The molecule has 1 aromatic rings. The van der Waals surface area contributed by atoms with Crippen LogP contribution in [0, 0.1) is 5.92 Å². The second-order valence-electron chi connectivity index (χ2n) is 5.37. The van der Waals surface area contributed by atoms with Gasteiger partial charge in [0, 0.05) is 6.54 Å². The Kier molecular flexibility index (Phi) is 5.37. The molecule has 0 saturated heterocycles. The molecule has 3 heteroatoms. The van der Waals surface area contributed by atoms with E-state index in [0.29, 0.717) is 6.61 Å². The van der Waals surface area contributed by atoms with Gasteiger partial charge in [-0.25, -0.2) is 0 Å². The Morgan fingerprint density at radius 2 is 2.11 bits per heavy atom. The number of nitrogens with one attached hydrogen (secondary N) is 1. The molecule has 106 valence electrons. The van der Waals surface area contributed by atoms with E-state index in [2.05, 4.69) is 5.32 Å². The molecule has 0 spiro atoms. The van der Waals surface area contributed by atoms with Gasteiger partial charge in [-0.05, 0) is 37.8 Å². The Labute approximate surface area is 116 Å². The number of nitrogens with two attached hydrogens (primary N) is 1. The number of anilines is 2. The van der Waals surface area contributed by atoms with Crippen LogP contribution in [0.2, 0.25) is 0 Å². The molecular weight excluding hydrogens is 236 g/mol. The van der Waals surface area contributed by atoms with Crippen LogP contribution in [0.1, 0.15) is 45.4 Å². The van der Waals surface area contributed by atoms with Gasteiger partial charge in [-0.1, -0.05) is 31.7 Å². The molecule has 0 aliphatic heterocycles. The lowest BCUT2D eigenvalue weighted by Crippen LogP contribution is -2.07. The van der Waals surface area contributed by atoms with E-state index in [4.69, 9.17) is 10.5 Å². The highest BCUT2D eigenvalue weighted by Crippen LogP contribution is 2.30. The average molecular weight is 262 g/mol. The van der Waals surface area contributed by atoms with Gasteiger partial charge < -0.3 is 15.8 Å². The molecule has 0 aromatic heterocycles. The number of nitrogen functional groups attached to an aromatic ring is 1. The molecule has 0 atom stereocenters. The third-order valence-corrected chi connectivity index (χ3v) is 3.95. The number of hydrogen-bond acceptors (Lipinski definition) is 3. The lowest BCUT2D eigenvalue weighted by molar-refractivity contribution is 0.342. The second-order valence-corrected chi connectivity index (χ2v) is 5.37. The van der Waals surface area contributed by atoms with Gasteiger partial charge in [0.15, 0.2) is 0 Å². The highest BCUT2D eigenvalue weighted by Gasteiger charge is 2.14. The fourth-order valence-electron chi connectivity index (χ4n) is 2.89. The van der Waals surface area contributed by atoms with E-state index in [1.54, 1.807) is 0 Å². The zero-order chi connectivity index (χ0) is 13.5. The van der Waals surface area contributed by atoms with E-state index >= 15 is 0 Å². The first-order valence-electron chi connectivity index (χ1n) is 7.56. The third kappa shape index (κ3) is 4.05. The summed E-state index contributed by atoms with van der Waals surface area (Å²) in [5.74, 6) is 1.75. The topological polar surface area (TPSA) is 47.3 Å². The van der Waals surface area contributed by atoms with E-state index < -0.39 is 0 Å². The maximum absolute atomic E-state index is 6.09. The molecule has 3 nitrogen and oxygen atoms in total. The molecule has 1 aliphatic rings. The minimum atomic E-state index is 0.648. The summed E-state index contributed by atoms with van der Waals surface area (Å²) < 4.78 is 5.50. The average Bonchev–Trinajstić information content (AvgIpc) is 2.92. The fraction of sp³-hybridized carbons (Fsp3) is 0.625. The van der Waals surface area contributed by atoms with E-state index in [-0.39, 0.29) is 0 Å². The molecular formula is C16H26N2O. The first kappa shape index (κ1) is 14.0. The number of benzene rings is 1. The summed E-state index contributed by atoms with van der Waals surface area (Å²) in [6, 6.07) is 5.93. The van der Waals surface area contributed by atoms with Crippen LogP contribution in [0.15, 0.2) is 18.2 Å². The Hall–Kier alpha value is -1.38. The van der Waals surface area contributed by atoms with Crippen molar-refractivity contribution >= 4 is 11.4 Å². The molecule has 3 N–H and O–H groups in total. The van der Waals surface area contributed by atoms with E-state index in [1.807, 2.05) is 25.1 Å². The van der Waals surface area contributed by atoms with Crippen molar-refractivity contribution in [2.75, 3.05) is 24.2 Å². The highest BCUT2D eigenvalue weighted by atomic mass is 16.5. The van der Waals surface area contributed by atoms with Crippen LogP contribution in [0.5, 0.6) is 5.75 Å². The zero-order valence-electron chi connectivity index (χ0n) is 12.0. The lowest BCUT2D eigenvalue weighted by atomic mass is 10.0. The molecule has 2 rings (SSSR count). The maximum atomic E-state index is 6.09. The van der Waals surface area contributed by atoms with Crippen molar-refractivity contribution in [2.24, 2.45) is 5.92 Å². The molecule has 1 fully saturated rings. The molecule has 19 heavy (non-hydrogen) atoms. The zero-order valence-corrected chi connectivity index (χ0v) is 12.0. The van der Waals surface area contributed by atoms with Crippen LogP contribution in [-0.4, -0.2) is 13.2 Å². The predicted octanol–water partition coefficient (Wildman–Crippen LogP) is 4.05. The predicted molar refractivity (Wildman–Crippen MR) is 81.7 cm³/mol. The number of rotatable bonds is 7. The van der Waals surface area contributed by atoms with Crippen molar-refractivity contribution in [3.8, 4) is 5.75 Å². The Bertz CT molecular complexity index is 386. The SMILES string of the molecule is CCOc1cccc(NCCCC2CCCC2)c1N. The smallest absolute Gasteiger partial charge is 0.144 e. The van der Waals surface area contributed by atoms with Gasteiger partial charge in [0.05, 0.1) is 18.0 Å². The summed E-state index contributed by atoms with van der Waals surface area (Å²) in [4.78, 5) is 0. The summed E-state index contributed by atoms with van der Waals surface area (Å²) >= 11 is 0. The van der Waals surface area contributed by atoms with Gasteiger partial charge >= 0.3 is 0 Å². The third-order valence-electron chi connectivity index (χ3n) is 3.95. The summed E-state index contributed by atoms with van der Waals surface area (Å²) in [5, 5.41) is 3.43. The molecule has 0 heterocycles. The summed E-state index contributed by atoms with van der Waals surface area (Å²) in [6.45, 7) is 3.62. The fourth-order valence-corrected chi connectivity index (χ4v) is 2.89. The monoisotopic (exact) mass is 262 g/mol. The molecule has 1 aromatic carbocycles. The summed E-state index contributed by atoms with van der Waals surface area (Å²) in [5.41, 5.74) is 7.81. The molecule has 1 saturated carbocycles. The maximum Gasteiger partial charge on any atom is 0.144 e. The van der Waals surface area contributed by atoms with Crippen molar-refractivity contribution in [1.29, 1.82) is 0 Å². The van der Waals surface area contributed by atoms with Crippen LogP contribution in [0.4, 0.5) is 11.4 Å². The number of para-hydroxylation sites is 1. The summed E-state index contributed by atoms with van der Waals surface area (Å²) in [7, 11) is 0. The van der Waals surface area contributed by atoms with Crippen molar-refractivity contribution in [1.82, 2.24) is 0 Å². The van der Waals surface area contributed by atoms with Crippen molar-refractivity contribution < 1.29 is 4.74 Å². The standard InChI is InChI=1S/C16H26N2O/c1-2-19-15-11-5-10-14(16(15)17)18-12-6-9-13-7-3-4-8-13/h5,10-11,13,18H,2-4,6-9,12,17H2,1H3. The molecule has 0 radical (unpaired) electrons. The van der Waals surface area contributed by atoms with Crippen LogP contribution < -0.4 is 15.8 Å². The first-order chi connectivity index (χ1) is 9.31. The van der Waals surface area contributed by atoms with Crippen LogP contribution >= 0.6 is 0 Å². The molecule has 0 amide bonds. The van der Waals surface area contributed by atoms with Crippen LogP contribution in [0.3, 0.4) is 0 Å². The minimum Gasteiger partial charge on any atom is -0.492 e. The Morgan fingerprint density at radius 1 is 1.32 bits per heavy atom. The first-order valence-corrected chi connectivity index (χ1v) is 7.56. The molecule has 0 bridgehead atoms. The van der Waals surface area contributed by atoms with Crippen molar-refractivity contribution in [3.63, 3.8) is 0 Å². The van der Waals surface area contributed by atoms with E-state index in [0.717, 1.165) is 29.6 Å². The van der Waals surface area contributed by atoms with Crippen LogP contribution in [-0.2, 0) is 0 Å². The van der Waals surface area contributed by atoms with Crippen LogP contribution in [0.25, 0.3) is 0 Å². The largest absolute Gasteiger partial charge is 0.492 e. The second kappa shape index (κ2) is 7.27. The number of hydrogen-bond donors (Lipinski definition) is 2. The Morgan fingerprint density at radius 3 is 2.84 bits per heavy atom. The highest BCUT2D eigenvalue weighted by molar-refractivity contribution is 5.72. The van der Waals surface area contributed by atoms with Crippen molar-refractivity contribution in [2.45, 2.75) is 45.4 Å². The van der Waals surface area contributed by atoms with Gasteiger partial charge in [0.2, 0.25) is 0 Å².